The van der Waals surface area contributed by atoms with E-state index in [0.29, 0.717) is 30.2 Å². The fraction of sp³-hybridized carbons (Fsp3) is 0.444. The maximum absolute atomic E-state index is 13.4. The van der Waals surface area contributed by atoms with Crippen molar-refractivity contribution in [3.05, 3.63) is 64.9 Å². The minimum atomic E-state index is -1.30. The van der Waals surface area contributed by atoms with E-state index < -0.39 is 23.0 Å². The minimum absolute atomic E-state index is 0.00632. The molecule has 4 N–H and O–H groups in total. The average molecular weight is 461 g/mol. The molecular weight excluding hydrogens is 432 g/mol. The van der Waals surface area contributed by atoms with Gasteiger partial charge in [-0.05, 0) is 61.9 Å². The van der Waals surface area contributed by atoms with Gasteiger partial charge in [0.15, 0.2) is 17.6 Å². The van der Waals surface area contributed by atoms with Crippen LogP contribution in [0.4, 0.5) is 5.69 Å². The van der Waals surface area contributed by atoms with Gasteiger partial charge in [-0.1, -0.05) is 24.3 Å². The van der Waals surface area contributed by atoms with Crippen molar-refractivity contribution in [1.82, 2.24) is 4.90 Å². The molecule has 7 rings (SSSR count). The number of nitrogens with zero attached hydrogens (tertiary/aromatic N) is 1. The Labute approximate surface area is 197 Å². The molecule has 34 heavy (non-hydrogen) atoms. The summed E-state index contributed by atoms with van der Waals surface area (Å²) in [6, 6.07) is 12.5. The normalized spacial score (nSPS) is 33.3. The first kappa shape index (κ1) is 20.4. The molecule has 1 saturated carbocycles. The van der Waals surface area contributed by atoms with E-state index in [4.69, 9.17) is 4.74 Å². The molecule has 2 aliphatic heterocycles. The van der Waals surface area contributed by atoms with Crippen LogP contribution in [-0.2, 0) is 16.6 Å². The van der Waals surface area contributed by atoms with Gasteiger partial charge in [0.25, 0.3) is 5.91 Å². The molecular formula is C27H28N2O5. The maximum atomic E-state index is 13.4. The first-order chi connectivity index (χ1) is 16.4. The van der Waals surface area contributed by atoms with Gasteiger partial charge >= 0.3 is 0 Å². The van der Waals surface area contributed by atoms with E-state index in [1.807, 2.05) is 24.3 Å². The van der Waals surface area contributed by atoms with E-state index >= 15 is 0 Å². The van der Waals surface area contributed by atoms with Crippen molar-refractivity contribution >= 4 is 11.6 Å². The Kier molecular flexibility index (Phi) is 4.05. The number of hydrogen-bond acceptors (Lipinski definition) is 6. The number of aliphatic hydroxyl groups is 2. The Bertz CT molecular complexity index is 1240. The molecule has 2 heterocycles. The summed E-state index contributed by atoms with van der Waals surface area (Å²) in [7, 11) is 0. The lowest BCUT2D eigenvalue weighted by Crippen LogP contribution is -2.75. The van der Waals surface area contributed by atoms with E-state index in [1.54, 1.807) is 18.2 Å². The van der Waals surface area contributed by atoms with Gasteiger partial charge in [-0.3, -0.25) is 9.69 Å². The molecule has 1 amide bonds. The molecule has 3 aliphatic carbocycles. The number of para-hydroxylation sites is 1. The highest BCUT2D eigenvalue weighted by molar-refractivity contribution is 6.04. The second kappa shape index (κ2) is 6.77. The largest absolute Gasteiger partial charge is 0.508 e. The zero-order chi connectivity index (χ0) is 23.2. The second-order valence-electron chi connectivity index (χ2n) is 10.6. The quantitative estimate of drug-likeness (QED) is 0.560. The number of amides is 1. The van der Waals surface area contributed by atoms with Crippen LogP contribution in [0.1, 0.15) is 36.8 Å². The summed E-state index contributed by atoms with van der Waals surface area (Å²) in [6.07, 6.45) is 2.79. The summed E-state index contributed by atoms with van der Waals surface area (Å²) >= 11 is 0. The van der Waals surface area contributed by atoms with E-state index in [-0.39, 0.29) is 29.5 Å². The molecule has 0 unspecified atom stereocenters. The van der Waals surface area contributed by atoms with Gasteiger partial charge in [0.2, 0.25) is 0 Å². The summed E-state index contributed by atoms with van der Waals surface area (Å²) in [4.78, 5) is 15.7. The summed E-state index contributed by atoms with van der Waals surface area (Å²) in [5.41, 5.74) is 0.453. The third-order valence-electron chi connectivity index (χ3n) is 8.82. The average Bonchev–Trinajstić information content (AvgIpc) is 3.56. The van der Waals surface area contributed by atoms with Crippen molar-refractivity contribution in [3.63, 3.8) is 0 Å². The van der Waals surface area contributed by atoms with Gasteiger partial charge in [-0.2, -0.15) is 0 Å². The molecule has 5 aliphatic rings. The zero-order valence-electron chi connectivity index (χ0n) is 18.8. The topological polar surface area (TPSA) is 102 Å². The lowest BCUT2D eigenvalue weighted by molar-refractivity contribution is -0.172. The molecule has 2 aromatic carbocycles. The molecule has 2 bridgehead atoms. The van der Waals surface area contributed by atoms with E-state index in [2.05, 4.69) is 10.2 Å². The fourth-order valence-electron chi connectivity index (χ4n) is 7.10. The molecule has 176 valence electrons. The summed E-state index contributed by atoms with van der Waals surface area (Å²) in [5.74, 6) is 0.431. The monoisotopic (exact) mass is 460 g/mol. The van der Waals surface area contributed by atoms with Gasteiger partial charge in [0, 0.05) is 30.3 Å². The molecule has 2 aromatic rings. The van der Waals surface area contributed by atoms with Gasteiger partial charge in [0.05, 0.1) is 16.6 Å². The van der Waals surface area contributed by atoms with Crippen LogP contribution in [0, 0.1) is 5.92 Å². The minimum Gasteiger partial charge on any atom is -0.508 e. The van der Waals surface area contributed by atoms with Crippen LogP contribution in [0.25, 0.3) is 0 Å². The zero-order valence-corrected chi connectivity index (χ0v) is 18.8. The fourth-order valence-corrected chi connectivity index (χ4v) is 7.10. The number of rotatable bonds is 4. The number of benzene rings is 2. The second-order valence-corrected chi connectivity index (χ2v) is 10.6. The Morgan fingerprint density at radius 2 is 1.94 bits per heavy atom. The number of phenols is 1. The van der Waals surface area contributed by atoms with Crippen molar-refractivity contribution in [2.75, 3.05) is 18.4 Å². The number of carbonyl (C=O) groups excluding carboxylic acids is 1. The summed E-state index contributed by atoms with van der Waals surface area (Å²) in [6.45, 7) is 1.73. The van der Waals surface area contributed by atoms with E-state index in [9.17, 15) is 20.1 Å². The van der Waals surface area contributed by atoms with Gasteiger partial charge in [0.1, 0.15) is 5.76 Å². The van der Waals surface area contributed by atoms with Crippen molar-refractivity contribution in [1.29, 1.82) is 0 Å². The van der Waals surface area contributed by atoms with Crippen molar-refractivity contribution in [2.45, 2.75) is 55.3 Å². The molecule has 7 heteroatoms. The van der Waals surface area contributed by atoms with Crippen LogP contribution in [-0.4, -0.2) is 57.0 Å². The Hall–Kier alpha value is -3.03. The van der Waals surface area contributed by atoms with Crippen molar-refractivity contribution < 1.29 is 24.9 Å². The number of anilines is 1. The van der Waals surface area contributed by atoms with Crippen LogP contribution < -0.4 is 10.1 Å². The Balaban J connectivity index is 1.37. The van der Waals surface area contributed by atoms with Crippen molar-refractivity contribution in [3.8, 4) is 11.5 Å². The van der Waals surface area contributed by atoms with Crippen molar-refractivity contribution in [2.24, 2.45) is 5.92 Å². The number of nitrogens with one attached hydrogen (secondary N) is 1. The molecule has 0 radical (unpaired) electrons. The Morgan fingerprint density at radius 1 is 1.15 bits per heavy atom. The van der Waals surface area contributed by atoms with Crippen LogP contribution >= 0.6 is 0 Å². The van der Waals surface area contributed by atoms with E-state index in [1.165, 1.54) is 12.8 Å². The molecule has 0 aromatic heterocycles. The predicted octanol–water partition coefficient (Wildman–Crippen LogP) is 3.02. The summed E-state index contributed by atoms with van der Waals surface area (Å²) < 4.78 is 6.23. The highest BCUT2D eigenvalue weighted by atomic mass is 16.5. The smallest absolute Gasteiger partial charge is 0.255 e. The third kappa shape index (κ3) is 2.51. The lowest BCUT2D eigenvalue weighted by atomic mass is 9.49. The van der Waals surface area contributed by atoms with Crippen LogP contribution in [0.3, 0.4) is 0 Å². The number of aliphatic hydroxyl groups excluding tert-OH is 1. The maximum Gasteiger partial charge on any atom is 0.255 e. The lowest BCUT2D eigenvalue weighted by Gasteiger charge is -2.62. The van der Waals surface area contributed by atoms with Crippen LogP contribution in [0.2, 0.25) is 0 Å². The molecule has 4 atom stereocenters. The number of aromatic hydroxyl groups is 1. The highest BCUT2D eigenvalue weighted by Crippen LogP contribution is 2.66. The number of hydrogen-bond donors (Lipinski definition) is 4. The predicted molar refractivity (Wildman–Crippen MR) is 125 cm³/mol. The number of carbonyl (C=O) groups is 1. The van der Waals surface area contributed by atoms with Crippen LogP contribution in [0.5, 0.6) is 11.5 Å². The standard InChI is InChI=1S/C27H28N2O5/c30-19-9-8-16-12-20-27(33)13-18(25(32)28-17-4-2-1-3-5-17)22(31)24-26(27,21(16)23(19)34-24)10-11-29(20)14-15-6-7-15/h1-5,8-9,15,20,24,30-31,33H,6-7,10-14H2,(H,28,32)/t20-,24+,26+,27-/m1/s1. The molecule has 7 nitrogen and oxygen atoms in total. The molecule has 1 spiro atoms. The highest BCUT2D eigenvalue weighted by Gasteiger charge is 2.73. The first-order valence-electron chi connectivity index (χ1n) is 12.2. The third-order valence-corrected chi connectivity index (χ3v) is 8.82. The number of ether oxygens (including phenoxy) is 1. The SMILES string of the molecule is O=C(Nc1ccccc1)C1=C(O)[C@@H]2Oc3c(O)ccc4c3[C@@]23CCN(CC2CC2)[C@H](C4)[C@]3(O)C1. The van der Waals surface area contributed by atoms with Crippen LogP contribution in [0.15, 0.2) is 53.8 Å². The van der Waals surface area contributed by atoms with Gasteiger partial charge < -0.3 is 25.4 Å². The first-order valence-corrected chi connectivity index (χ1v) is 12.2. The van der Waals surface area contributed by atoms with Gasteiger partial charge in [-0.15, -0.1) is 0 Å². The number of likely N-dealkylation sites (tertiary alicyclic amines) is 1. The Morgan fingerprint density at radius 3 is 2.71 bits per heavy atom. The number of piperidine rings is 1. The summed E-state index contributed by atoms with van der Waals surface area (Å²) in [5, 5.41) is 37.5. The number of phenolic OH excluding ortho intramolecular Hbond substituents is 1. The molecule has 2 fully saturated rings. The van der Waals surface area contributed by atoms with E-state index in [0.717, 1.165) is 24.2 Å². The molecule has 1 saturated heterocycles. The van der Waals surface area contributed by atoms with Gasteiger partial charge in [-0.25, -0.2) is 0 Å².